The van der Waals surface area contributed by atoms with Crippen molar-refractivity contribution in [3.63, 3.8) is 0 Å². The van der Waals surface area contributed by atoms with E-state index in [1.165, 1.54) is 21.7 Å². The van der Waals surface area contributed by atoms with E-state index in [0.29, 0.717) is 39.9 Å². The van der Waals surface area contributed by atoms with Crippen LogP contribution in [0.25, 0.3) is 16.3 Å². The summed E-state index contributed by atoms with van der Waals surface area (Å²) in [6, 6.07) is 10.2. The number of nitrogens with zero attached hydrogens (tertiary/aromatic N) is 2. The van der Waals surface area contributed by atoms with Crippen molar-refractivity contribution in [1.29, 1.82) is 0 Å². The number of fused-ring (bicyclic) bond motifs is 2. The van der Waals surface area contributed by atoms with Gasteiger partial charge in [0.15, 0.2) is 16.6 Å². The summed E-state index contributed by atoms with van der Waals surface area (Å²) in [5.74, 6) is 0.982. The molecular formula is C21H21N3O5S2. The van der Waals surface area contributed by atoms with E-state index in [1.807, 2.05) is 6.07 Å². The smallest absolute Gasteiger partial charge is 0.250 e. The number of rotatable bonds is 7. The molecule has 0 saturated heterocycles. The third kappa shape index (κ3) is 4.41. The molecule has 1 aliphatic rings. The van der Waals surface area contributed by atoms with Gasteiger partial charge in [0.05, 0.1) is 15.1 Å². The number of sulfonamides is 1. The van der Waals surface area contributed by atoms with Crippen molar-refractivity contribution in [3.8, 4) is 11.5 Å². The maximum Gasteiger partial charge on any atom is 0.250 e. The van der Waals surface area contributed by atoms with Crippen LogP contribution in [0.2, 0.25) is 0 Å². The number of aromatic nitrogens is 1. The standard InChI is InChI=1S/C21H21N3O5S2/c1-3-24(4-2)31(26,27)15-7-8-16-19(12-15)30-21(22-16)23-20(25)10-6-14-5-9-17-18(11-14)29-13-28-17/h5-12H,3-4,13H2,1-2H3,(H,22,23,25). The van der Waals surface area contributed by atoms with Crippen molar-refractivity contribution >= 4 is 48.7 Å². The largest absolute Gasteiger partial charge is 0.454 e. The van der Waals surface area contributed by atoms with Crippen LogP contribution >= 0.6 is 11.3 Å². The van der Waals surface area contributed by atoms with Gasteiger partial charge in [-0.1, -0.05) is 31.3 Å². The Kier molecular flexibility index (Phi) is 5.94. The molecule has 0 saturated carbocycles. The minimum Gasteiger partial charge on any atom is -0.454 e. The molecule has 1 N–H and O–H groups in total. The molecule has 0 fully saturated rings. The maximum atomic E-state index is 12.7. The molecule has 162 valence electrons. The normalized spacial score (nSPS) is 13.4. The minimum absolute atomic E-state index is 0.193. The lowest BCUT2D eigenvalue weighted by Gasteiger charge is -2.18. The predicted molar refractivity (Wildman–Crippen MR) is 120 cm³/mol. The van der Waals surface area contributed by atoms with Crippen LogP contribution in [0.3, 0.4) is 0 Å². The van der Waals surface area contributed by atoms with Crippen LogP contribution in [-0.2, 0) is 14.8 Å². The van der Waals surface area contributed by atoms with Crippen molar-refractivity contribution in [3.05, 3.63) is 48.0 Å². The molecule has 1 amide bonds. The second-order valence-electron chi connectivity index (χ2n) is 6.67. The third-order valence-electron chi connectivity index (χ3n) is 4.76. The molecule has 4 rings (SSSR count). The summed E-state index contributed by atoms with van der Waals surface area (Å²) in [6.45, 7) is 4.60. The van der Waals surface area contributed by atoms with E-state index in [1.54, 1.807) is 50.3 Å². The average molecular weight is 460 g/mol. The molecule has 31 heavy (non-hydrogen) atoms. The molecule has 0 aliphatic carbocycles. The Hall–Kier alpha value is -2.95. The fourth-order valence-electron chi connectivity index (χ4n) is 3.17. The van der Waals surface area contributed by atoms with Crippen molar-refractivity contribution in [2.45, 2.75) is 18.7 Å². The highest BCUT2D eigenvalue weighted by atomic mass is 32.2. The van der Waals surface area contributed by atoms with Crippen LogP contribution in [0.15, 0.2) is 47.4 Å². The zero-order chi connectivity index (χ0) is 22.0. The summed E-state index contributed by atoms with van der Waals surface area (Å²) in [7, 11) is -3.56. The Bertz CT molecular complexity index is 1260. The van der Waals surface area contributed by atoms with Crippen LogP contribution in [-0.4, -0.2) is 43.5 Å². The van der Waals surface area contributed by atoms with Crippen LogP contribution in [0, 0.1) is 0 Å². The number of amides is 1. The first-order chi connectivity index (χ1) is 14.9. The van der Waals surface area contributed by atoms with Gasteiger partial charge >= 0.3 is 0 Å². The first kappa shape index (κ1) is 21.3. The molecule has 0 bridgehead atoms. The van der Waals surface area contributed by atoms with Gasteiger partial charge in [-0.15, -0.1) is 0 Å². The molecule has 0 atom stereocenters. The number of carbonyl (C=O) groups excluding carboxylic acids is 1. The van der Waals surface area contributed by atoms with E-state index in [2.05, 4.69) is 10.3 Å². The molecule has 10 heteroatoms. The summed E-state index contributed by atoms with van der Waals surface area (Å²) in [5.41, 5.74) is 1.42. The number of hydrogen-bond donors (Lipinski definition) is 1. The molecule has 0 spiro atoms. The number of thiazole rings is 1. The Labute approximate surface area is 184 Å². The highest BCUT2D eigenvalue weighted by Gasteiger charge is 2.22. The van der Waals surface area contributed by atoms with Crippen LogP contribution < -0.4 is 14.8 Å². The van der Waals surface area contributed by atoms with Gasteiger partial charge in [-0.2, -0.15) is 4.31 Å². The van der Waals surface area contributed by atoms with Crippen molar-refractivity contribution in [2.75, 3.05) is 25.2 Å². The molecule has 2 aromatic carbocycles. The molecular weight excluding hydrogens is 438 g/mol. The highest BCUT2D eigenvalue weighted by molar-refractivity contribution is 7.89. The molecule has 1 aliphatic heterocycles. The SMILES string of the molecule is CCN(CC)S(=O)(=O)c1ccc2nc(NC(=O)C=Cc3ccc4c(c3)OCO4)sc2c1. The Balaban J connectivity index is 1.49. The van der Waals surface area contributed by atoms with Crippen LogP contribution in [0.5, 0.6) is 11.5 Å². The Morgan fingerprint density at radius 1 is 1.16 bits per heavy atom. The van der Waals surface area contributed by atoms with Gasteiger partial charge in [0.25, 0.3) is 0 Å². The van der Waals surface area contributed by atoms with Crippen LogP contribution in [0.4, 0.5) is 5.13 Å². The second-order valence-corrected chi connectivity index (χ2v) is 9.64. The first-order valence-electron chi connectivity index (χ1n) is 9.70. The lowest BCUT2D eigenvalue weighted by atomic mass is 10.2. The molecule has 0 unspecified atom stereocenters. The van der Waals surface area contributed by atoms with Gasteiger partial charge in [-0.25, -0.2) is 13.4 Å². The first-order valence-corrected chi connectivity index (χ1v) is 12.0. The minimum atomic E-state index is -3.56. The lowest BCUT2D eigenvalue weighted by Crippen LogP contribution is -2.30. The monoisotopic (exact) mass is 459 g/mol. The van der Waals surface area contributed by atoms with Crippen molar-refractivity contribution < 1.29 is 22.7 Å². The summed E-state index contributed by atoms with van der Waals surface area (Å²) >= 11 is 1.22. The molecule has 3 aromatic rings. The molecule has 8 nitrogen and oxygen atoms in total. The predicted octanol–water partition coefficient (Wildman–Crippen LogP) is 3.71. The lowest BCUT2D eigenvalue weighted by molar-refractivity contribution is -0.111. The van der Waals surface area contributed by atoms with E-state index < -0.39 is 10.0 Å². The van der Waals surface area contributed by atoms with Gasteiger partial charge in [0.2, 0.25) is 22.7 Å². The topological polar surface area (TPSA) is 97.8 Å². The molecule has 1 aromatic heterocycles. The Morgan fingerprint density at radius 2 is 1.94 bits per heavy atom. The van der Waals surface area contributed by atoms with Gasteiger partial charge in [0.1, 0.15) is 0 Å². The van der Waals surface area contributed by atoms with E-state index in [9.17, 15) is 13.2 Å². The zero-order valence-electron chi connectivity index (χ0n) is 17.0. The summed E-state index contributed by atoms with van der Waals surface area (Å²) in [4.78, 5) is 16.9. The Morgan fingerprint density at radius 3 is 2.71 bits per heavy atom. The number of anilines is 1. The van der Waals surface area contributed by atoms with Gasteiger partial charge in [0, 0.05) is 19.2 Å². The number of ether oxygens (including phenoxy) is 2. The maximum absolute atomic E-state index is 12.7. The quantitative estimate of drug-likeness (QED) is 0.541. The summed E-state index contributed by atoms with van der Waals surface area (Å²) in [5, 5.41) is 3.12. The van der Waals surface area contributed by atoms with E-state index in [-0.39, 0.29) is 17.6 Å². The fourth-order valence-corrected chi connectivity index (χ4v) is 5.63. The molecule has 2 heterocycles. The summed E-state index contributed by atoms with van der Waals surface area (Å²) < 4.78 is 38.1. The van der Waals surface area contributed by atoms with Gasteiger partial charge in [-0.05, 0) is 42.0 Å². The summed E-state index contributed by atoms with van der Waals surface area (Å²) in [6.07, 6.45) is 3.07. The van der Waals surface area contributed by atoms with Crippen LogP contribution in [0.1, 0.15) is 19.4 Å². The van der Waals surface area contributed by atoms with Crippen molar-refractivity contribution in [1.82, 2.24) is 9.29 Å². The number of nitrogens with one attached hydrogen (secondary N) is 1. The average Bonchev–Trinajstić information content (AvgIpc) is 3.38. The zero-order valence-corrected chi connectivity index (χ0v) is 18.6. The van der Waals surface area contributed by atoms with Gasteiger partial charge < -0.3 is 9.47 Å². The van der Waals surface area contributed by atoms with Crippen molar-refractivity contribution in [2.24, 2.45) is 0 Å². The fraction of sp³-hybridized carbons (Fsp3) is 0.238. The molecule has 0 radical (unpaired) electrons. The number of hydrogen-bond acceptors (Lipinski definition) is 7. The highest BCUT2D eigenvalue weighted by Crippen LogP contribution is 2.33. The van der Waals surface area contributed by atoms with E-state index in [4.69, 9.17) is 9.47 Å². The number of carbonyl (C=O) groups is 1. The van der Waals surface area contributed by atoms with E-state index in [0.717, 1.165) is 5.56 Å². The van der Waals surface area contributed by atoms with Gasteiger partial charge in [-0.3, -0.25) is 10.1 Å². The third-order valence-corrected chi connectivity index (χ3v) is 7.74. The number of benzene rings is 2. The second kappa shape index (κ2) is 8.66. The van der Waals surface area contributed by atoms with E-state index >= 15 is 0 Å².